The second-order valence-corrected chi connectivity index (χ2v) is 4.52. The quantitative estimate of drug-likeness (QED) is 0.860. The van der Waals surface area contributed by atoms with Crippen molar-refractivity contribution < 1.29 is 9.15 Å². The van der Waals surface area contributed by atoms with Crippen molar-refractivity contribution in [2.24, 2.45) is 0 Å². The predicted molar refractivity (Wildman–Crippen MR) is 69.6 cm³/mol. The highest BCUT2D eigenvalue weighted by Gasteiger charge is 2.12. The molecular formula is C12H14ClN3O2. The van der Waals surface area contributed by atoms with Gasteiger partial charge >= 0.3 is 6.01 Å². The maximum atomic E-state index is 5.85. The summed E-state index contributed by atoms with van der Waals surface area (Å²) in [6, 6.07) is 6.01. The van der Waals surface area contributed by atoms with Gasteiger partial charge in [0.25, 0.3) is 0 Å². The Labute approximate surface area is 110 Å². The van der Waals surface area contributed by atoms with Gasteiger partial charge in [-0.3, -0.25) is 0 Å². The average Bonchev–Trinajstić information content (AvgIpc) is 2.81. The number of aromatic nitrogens is 2. The number of rotatable bonds is 4. The predicted octanol–water partition coefficient (Wildman–Crippen LogP) is 3.43. The molecule has 96 valence electrons. The molecule has 0 bridgehead atoms. The topological polar surface area (TPSA) is 60.2 Å². The number of anilines is 2. The summed E-state index contributed by atoms with van der Waals surface area (Å²) in [6.45, 7) is 3.75. The van der Waals surface area contributed by atoms with Crippen molar-refractivity contribution in [2.75, 3.05) is 12.4 Å². The first-order valence-corrected chi connectivity index (χ1v) is 5.93. The van der Waals surface area contributed by atoms with Crippen LogP contribution in [0, 0.1) is 6.92 Å². The van der Waals surface area contributed by atoms with E-state index in [4.69, 9.17) is 20.8 Å². The van der Waals surface area contributed by atoms with Gasteiger partial charge in [-0.05, 0) is 25.5 Å². The zero-order chi connectivity index (χ0) is 13.1. The number of nitrogens with zero attached hydrogens (tertiary/aromatic N) is 2. The van der Waals surface area contributed by atoms with E-state index in [1.54, 1.807) is 14.0 Å². The standard InChI is InChI=1S/C12H14ClN3O2/c1-7-4-5-9(17-3)6-10(7)14-12-16-15-11(18-12)8(2)13/h4-6,8H,1-3H3,(H,14,16). The fourth-order valence-corrected chi connectivity index (χ4v) is 1.51. The van der Waals surface area contributed by atoms with Crippen molar-refractivity contribution in [2.45, 2.75) is 19.2 Å². The summed E-state index contributed by atoms with van der Waals surface area (Å²) < 4.78 is 10.5. The molecule has 0 saturated carbocycles. The van der Waals surface area contributed by atoms with E-state index in [0.717, 1.165) is 17.0 Å². The summed E-state index contributed by atoms with van der Waals surface area (Å²) in [4.78, 5) is 0. The number of benzene rings is 1. The lowest BCUT2D eigenvalue weighted by Gasteiger charge is -2.07. The molecule has 0 amide bonds. The van der Waals surface area contributed by atoms with Crippen molar-refractivity contribution in [3.8, 4) is 5.75 Å². The van der Waals surface area contributed by atoms with Crippen molar-refractivity contribution in [1.82, 2.24) is 10.2 Å². The molecule has 1 atom stereocenters. The minimum Gasteiger partial charge on any atom is -0.497 e. The molecule has 1 heterocycles. The lowest BCUT2D eigenvalue weighted by atomic mass is 10.2. The zero-order valence-corrected chi connectivity index (χ0v) is 11.2. The van der Waals surface area contributed by atoms with Gasteiger partial charge in [-0.1, -0.05) is 11.2 Å². The fraction of sp³-hybridized carbons (Fsp3) is 0.333. The molecule has 1 N–H and O–H groups in total. The largest absolute Gasteiger partial charge is 0.497 e. The van der Waals surface area contributed by atoms with Crippen LogP contribution in [0.1, 0.15) is 23.8 Å². The highest BCUT2D eigenvalue weighted by Crippen LogP contribution is 2.26. The Kier molecular flexibility index (Phi) is 3.72. The molecule has 1 aromatic heterocycles. The van der Waals surface area contributed by atoms with Crippen LogP contribution in [0.5, 0.6) is 5.75 Å². The van der Waals surface area contributed by atoms with Crippen LogP contribution in [0.2, 0.25) is 0 Å². The van der Waals surface area contributed by atoms with Gasteiger partial charge in [-0.15, -0.1) is 16.7 Å². The van der Waals surface area contributed by atoms with Gasteiger partial charge in [-0.2, -0.15) is 0 Å². The average molecular weight is 268 g/mol. The SMILES string of the molecule is COc1ccc(C)c(Nc2nnc(C(C)Cl)o2)c1. The third-order valence-corrected chi connectivity index (χ3v) is 2.65. The van der Waals surface area contributed by atoms with Crippen molar-refractivity contribution in [3.05, 3.63) is 29.7 Å². The van der Waals surface area contributed by atoms with Gasteiger partial charge in [-0.25, -0.2) is 0 Å². The summed E-state index contributed by atoms with van der Waals surface area (Å²) in [5.41, 5.74) is 1.90. The third-order valence-electron chi connectivity index (χ3n) is 2.47. The Morgan fingerprint density at radius 2 is 2.17 bits per heavy atom. The molecule has 2 rings (SSSR count). The van der Waals surface area contributed by atoms with Crippen molar-refractivity contribution in [3.63, 3.8) is 0 Å². The summed E-state index contributed by atoms with van der Waals surface area (Å²) in [5, 5.41) is 10.5. The van der Waals surface area contributed by atoms with Gasteiger partial charge in [0, 0.05) is 11.8 Å². The van der Waals surface area contributed by atoms with Gasteiger partial charge in [0.15, 0.2) is 0 Å². The number of alkyl halides is 1. The lowest BCUT2D eigenvalue weighted by Crippen LogP contribution is -1.94. The minimum absolute atomic E-state index is 0.306. The Hall–Kier alpha value is -1.75. The van der Waals surface area contributed by atoms with Crippen LogP contribution in [0.25, 0.3) is 0 Å². The number of halogens is 1. The molecule has 0 aliphatic heterocycles. The third kappa shape index (κ3) is 2.73. The molecule has 0 aliphatic carbocycles. The molecule has 6 heteroatoms. The van der Waals surface area contributed by atoms with Gasteiger partial charge in [0.2, 0.25) is 5.89 Å². The molecule has 0 saturated heterocycles. The van der Waals surface area contributed by atoms with Crippen LogP contribution in [0.4, 0.5) is 11.7 Å². The number of aryl methyl sites for hydroxylation is 1. The molecule has 1 aromatic carbocycles. The van der Waals surface area contributed by atoms with E-state index in [0.29, 0.717) is 11.9 Å². The number of ether oxygens (including phenoxy) is 1. The normalized spacial score (nSPS) is 12.2. The maximum Gasteiger partial charge on any atom is 0.320 e. The highest BCUT2D eigenvalue weighted by atomic mass is 35.5. The number of hydrogen-bond acceptors (Lipinski definition) is 5. The Bertz CT molecular complexity index is 540. The lowest BCUT2D eigenvalue weighted by molar-refractivity contribution is 0.415. The van der Waals surface area contributed by atoms with Gasteiger partial charge in [0.05, 0.1) is 7.11 Å². The molecule has 0 aliphatic rings. The second kappa shape index (κ2) is 5.27. The zero-order valence-electron chi connectivity index (χ0n) is 10.4. The molecule has 5 nitrogen and oxygen atoms in total. The van der Waals surface area contributed by atoms with Crippen LogP contribution in [0.15, 0.2) is 22.6 Å². The summed E-state index contributed by atoms with van der Waals surface area (Å²) >= 11 is 5.85. The molecule has 0 fully saturated rings. The first kappa shape index (κ1) is 12.7. The number of methoxy groups -OCH3 is 1. The molecule has 0 radical (unpaired) electrons. The second-order valence-electron chi connectivity index (χ2n) is 3.87. The summed E-state index contributed by atoms with van der Waals surface area (Å²) in [5.74, 6) is 1.15. The molecule has 2 aromatic rings. The van der Waals surface area contributed by atoms with E-state index in [1.807, 2.05) is 25.1 Å². The van der Waals surface area contributed by atoms with Crippen molar-refractivity contribution >= 4 is 23.3 Å². The number of hydrogen-bond donors (Lipinski definition) is 1. The van der Waals surface area contributed by atoms with E-state index in [-0.39, 0.29) is 5.38 Å². The van der Waals surface area contributed by atoms with Gasteiger partial charge in [0.1, 0.15) is 11.1 Å². The molecule has 1 unspecified atom stereocenters. The Balaban J connectivity index is 2.22. The minimum atomic E-state index is -0.306. The van der Waals surface area contributed by atoms with Crippen LogP contribution < -0.4 is 10.1 Å². The van der Waals surface area contributed by atoms with Crippen LogP contribution in [-0.4, -0.2) is 17.3 Å². The Morgan fingerprint density at radius 1 is 1.39 bits per heavy atom. The van der Waals surface area contributed by atoms with Crippen molar-refractivity contribution in [1.29, 1.82) is 0 Å². The van der Waals surface area contributed by atoms with Crippen LogP contribution in [-0.2, 0) is 0 Å². The van der Waals surface area contributed by atoms with Crippen LogP contribution in [0.3, 0.4) is 0 Å². The summed E-state index contributed by atoms with van der Waals surface area (Å²) in [6.07, 6.45) is 0. The highest BCUT2D eigenvalue weighted by molar-refractivity contribution is 6.20. The molecule has 18 heavy (non-hydrogen) atoms. The monoisotopic (exact) mass is 267 g/mol. The van der Waals surface area contributed by atoms with Crippen LogP contribution >= 0.6 is 11.6 Å². The van der Waals surface area contributed by atoms with E-state index < -0.39 is 0 Å². The molecular weight excluding hydrogens is 254 g/mol. The number of nitrogens with one attached hydrogen (secondary N) is 1. The van der Waals surface area contributed by atoms with E-state index in [9.17, 15) is 0 Å². The summed E-state index contributed by atoms with van der Waals surface area (Å²) in [7, 11) is 1.62. The fourth-order valence-electron chi connectivity index (χ4n) is 1.42. The maximum absolute atomic E-state index is 5.85. The first-order valence-electron chi connectivity index (χ1n) is 5.49. The van der Waals surface area contributed by atoms with Gasteiger partial charge < -0.3 is 14.5 Å². The molecule has 0 spiro atoms. The smallest absolute Gasteiger partial charge is 0.320 e. The van der Waals surface area contributed by atoms with E-state index in [1.165, 1.54) is 0 Å². The van der Waals surface area contributed by atoms with E-state index >= 15 is 0 Å². The first-order chi connectivity index (χ1) is 8.60. The Morgan fingerprint density at radius 3 is 2.78 bits per heavy atom. The van der Waals surface area contributed by atoms with E-state index in [2.05, 4.69) is 15.5 Å².